The molecule has 0 aliphatic carbocycles. The van der Waals surface area contributed by atoms with Crippen molar-refractivity contribution in [2.24, 2.45) is 0 Å². The third kappa shape index (κ3) is 2.80. The standard InChI is InChI=1S/C25H16Br2S/c26-19-13-9-17(10-14-19)25(18-11-15-20(27)16-12-18)21-5-1-3-7-23(21)28-24-8-4-2-6-22(24)25/h1-16H. The molecular formula is C25H16Br2S. The lowest BCUT2D eigenvalue weighted by atomic mass is 9.65. The van der Waals surface area contributed by atoms with Crippen LogP contribution < -0.4 is 0 Å². The molecule has 0 spiro atoms. The Labute approximate surface area is 186 Å². The SMILES string of the molecule is Brc1ccc(C2(c3ccc(Br)cc3)c3ccccc3Sc3ccccc32)cc1. The highest BCUT2D eigenvalue weighted by Gasteiger charge is 2.43. The first-order valence-electron chi connectivity index (χ1n) is 9.08. The summed E-state index contributed by atoms with van der Waals surface area (Å²) in [7, 11) is 0. The van der Waals surface area contributed by atoms with E-state index in [1.807, 2.05) is 11.8 Å². The van der Waals surface area contributed by atoms with Crippen LogP contribution in [0.25, 0.3) is 0 Å². The van der Waals surface area contributed by atoms with Crippen LogP contribution in [0, 0.1) is 0 Å². The predicted octanol–water partition coefficient (Wildman–Crippen LogP) is 8.06. The van der Waals surface area contributed by atoms with Gasteiger partial charge in [-0.15, -0.1) is 0 Å². The van der Waals surface area contributed by atoms with Gasteiger partial charge in [0, 0.05) is 18.7 Å². The molecule has 0 nitrogen and oxygen atoms in total. The second kappa shape index (κ2) is 7.22. The molecule has 0 fully saturated rings. The number of benzene rings is 4. The monoisotopic (exact) mass is 506 g/mol. The predicted molar refractivity (Wildman–Crippen MR) is 124 cm³/mol. The Kier molecular flexibility index (Phi) is 4.70. The van der Waals surface area contributed by atoms with Crippen molar-refractivity contribution in [3.8, 4) is 0 Å². The van der Waals surface area contributed by atoms with Gasteiger partial charge in [-0.1, -0.05) is 104 Å². The molecule has 0 unspecified atom stereocenters. The second-order valence-electron chi connectivity index (χ2n) is 6.86. The molecule has 136 valence electrons. The van der Waals surface area contributed by atoms with Gasteiger partial charge in [-0.3, -0.25) is 0 Å². The van der Waals surface area contributed by atoms with E-state index in [4.69, 9.17) is 0 Å². The molecule has 1 heterocycles. The molecule has 1 aliphatic heterocycles. The van der Waals surface area contributed by atoms with E-state index >= 15 is 0 Å². The second-order valence-corrected chi connectivity index (χ2v) is 9.77. The van der Waals surface area contributed by atoms with Gasteiger partial charge >= 0.3 is 0 Å². The van der Waals surface area contributed by atoms with E-state index in [1.165, 1.54) is 32.0 Å². The van der Waals surface area contributed by atoms with Crippen molar-refractivity contribution in [1.29, 1.82) is 0 Å². The van der Waals surface area contributed by atoms with Crippen LogP contribution in [0.2, 0.25) is 0 Å². The lowest BCUT2D eigenvalue weighted by molar-refractivity contribution is 0.702. The summed E-state index contributed by atoms with van der Waals surface area (Å²) in [5, 5.41) is 0. The van der Waals surface area contributed by atoms with Crippen LogP contribution in [0.15, 0.2) is 116 Å². The zero-order chi connectivity index (χ0) is 19.1. The van der Waals surface area contributed by atoms with Gasteiger partial charge in [0.2, 0.25) is 0 Å². The van der Waals surface area contributed by atoms with Gasteiger partial charge in [0.1, 0.15) is 0 Å². The third-order valence-electron chi connectivity index (χ3n) is 5.36. The summed E-state index contributed by atoms with van der Waals surface area (Å²) in [5.74, 6) is 0. The zero-order valence-electron chi connectivity index (χ0n) is 14.9. The minimum Gasteiger partial charge on any atom is -0.0894 e. The highest BCUT2D eigenvalue weighted by atomic mass is 79.9. The average molecular weight is 508 g/mol. The van der Waals surface area contributed by atoms with Gasteiger partial charge in [-0.2, -0.15) is 0 Å². The molecule has 0 atom stereocenters. The van der Waals surface area contributed by atoms with Crippen molar-refractivity contribution in [1.82, 2.24) is 0 Å². The molecule has 3 heteroatoms. The molecule has 28 heavy (non-hydrogen) atoms. The fraction of sp³-hybridized carbons (Fsp3) is 0.0400. The third-order valence-corrected chi connectivity index (χ3v) is 7.57. The van der Waals surface area contributed by atoms with Gasteiger partial charge < -0.3 is 0 Å². The van der Waals surface area contributed by atoms with Crippen molar-refractivity contribution in [3.05, 3.63) is 128 Å². The van der Waals surface area contributed by atoms with E-state index < -0.39 is 0 Å². The first-order chi connectivity index (χ1) is 13.7. The van der Waals surface area contributed by atoms with Crippen LogP contribution in [0.4, 0.5) is 0 Å². The Morgan fingerprint density at radius 2 is 0.893 bits per heavy atom. The van der Waals surface area contributed by atoms with E-state index in [2.05, 4.69) is 129 Å². The molecule has 0 aromatic heterocycles. The maximum atomic E-state index is 3.61. The van der Waals surface area contributed by atoms with Crippen LogP contribution in [0.5, 0.6) is 0 Å². The minimum atomic E-state index is -0.347. The van der Waals surface area contributed by atoms with Crippen LogP contribution in [0.1, 0.15) is 22.3 Å². The fourth-order valence-electron chi connectivity index (χ4n) is 4.18. The number of halogens is 2. The molecule has 0 amide bonds. The average Bonchev–Trinajstić information content (AvgIpc) is 2.73. The summed E-state index contributed by atoms with van der Waals surface area (Å²) in [6.45, 7) is 0. The zero-order valence-corrected chi connectivity index (χ0v) is 18.9. The Morgan fingerprint density at radius 3 is 1.32 bits per heavy atom. The van der Waals surface area contributed by atoms with Gasteiger partial charge in [0.25, 0.3) is 0 Å². The number of fused-ring (bicyclic) bond motifs is 2. The van der Waals surface area contributed by atoms with E-state index in [-0.39, 0.29) is 5.41 Å². The first kappa shape index (κ1) is 18.2. The molecule has 5 rings (SSSR count). The Balaban J connectivity index is 1.94. The minimum absolute atomic E-state index is 0.347. The van der Waals surface area contributed by atoms with Crippen LogP contribution in [0.3, 0.4) is 0 Å². The lowest BCUT2D eigenvalue weighted by Crippen LogP contribution is -2.34. The Bertz CT molecular complexity index is 1050. The van der Waals surface area contributed by atoms with E-state index in [9.17, 15) is 0 Å². The number of rotatable bonds is 2. The summed E-state index contributed by atoms with van der Waals surface area (Å²) < 4.78 is 2.18. The summed E-state index contributed by atoms with van der Waals surface area (Å²) in [6.07, 6.45) is 0. The molecule has 0 bridgehead atoms. The van der Waals surface area contributed by atoms with Crippen molar-refractivity contribution in [2.75, 3.05) is 0 Å². The molecule has 4 aromatic rings. The van der Waals surface area contributed by atoms with Crippen LogP contribution >= 0.6 is 43.6 Å². The molecule has 0 saturated carbocycles. The molecule has 4 aromatic carbocycles. The van der Waals surface area contributed by atoms with Gasteiger partial charge in [0.05, 0.1) is 5.41 Å². The molecule has 0 radical (unpaired) electrons. The summed E-state index contributed by atoms with van der Waals surface area (Å²) in [5.41, 5.74) is 4.88. The van der Waals surface area contributed by atoms with Crippen molar-refractivity contribution >= 4 is 43.6 Å². The maximum Gasteiger partial charge on any atom is 0.0723 e. The summed E-state index contributed by atoms with van der Waals surface area (Å²) >= 11 is 9.07. The van der Waals surface area contributed by atoms with Crippen molar-refractivity contribution < 1.29 is 0 Å². The van der Waals surface area contributed by atoms with Crippen LogP contribution in [-0.4, -0.2) is 0 Å². The molecular weight excluding hydrogens is 492 g/mol. The highest BCUT2D eigenvalue weighted by molar-refractivity contribution is 9.10. The first-order valence-corrected chi connectivity index (χ1v) is 11.5. The Hall–Kier alpha value is -1.81. The molecule has 1 aliphatic rings. The topological polar surface area (TPSA) is 0 Å². The number of hydrogen-bond acceptors (Lipinski definition) is 1. The quantitative estimate of drug-likeness (QED) is 0.233. The van der Waals surface area contributed by atoms with Gasteiger partial charge in [0.15, 0.2) is 0 Å². The maximum absolute atomic E-state index is 3.61. The van der Waals surface area contributed by atoms with Gasteiger partial charge in [-0.25, -0.2) is 0 Å². The van der Waals surface area contributed by atoms with Crippen molar-refractivity contribution in [3.63, 3.8) is 0 Å². The number of hydrogen-bond donors (Lipinski definition) is 0. The summed E-state index contributed by atoms with van der Waals surface area (Å²) in [6, 6.07) is 35.2. The van der Waals surface area contributed by atoms with E-state index in [0.717, 1.165) is 8.95 Å². The lowest BCUT2D eigenvalue weighted by Gasteiger charge is -2.41. The van der Waals surface area contributed by atoms with Crippen LogP contribution in [-0.2, 0) is 5.41 Å². The smallest absolute Gasteiger partial charge is 0.0723 e. The van der Waals surface area contributed by atoms with Crippen molar-refractivity contribution in [2.45, 2.75) is 15.2 Å². The normalized spacial score (nSPS) is 14.2. The molecule has 0 N–H and O–H groups in total. The largest absolute Gasteiger partial charge is 0.0894 e. The fourth-order valence-corrected chi connectivity index (χ4v) is 5.90. The highest BCUT2D eigenvalue weighted by Crippen LogP contribution is 2.55. The summed E-state index contributed by atoms with van der Waals surface area (Å²) in [4.78, 5) is 2.62. The molecule has 0 saturated heterocycles. The Morgan fingerprint density at radius 1 is 0.500 bits per heavy atom. The van der Waals surface area contributed by atoms with E-state index in [1.54, 1.807) is 0 Å². The van der Waals surface area contributed by atoms with Gasteiger partial charge in [-0.05, 0) is 58.7 Å². The van der Waals surface area contributed by atoms with E-state index in [0.29, 0.717) is 0 Å².